The summed E-state index contributed by atoms with van der Waals surface area (Å²) in [4.78, 5) is 11.5. The molecule has 4 aromatic rings. The van der Waals surface area contributed by atoms with Gasteiger partial charge in [-0.2, -0.15) is 5.10 Å². The fourth-order valence-electron chi connectivity index (χ4n) is 2.95. The fraction of sp³-hybridized carbons (Fsp3) is 0.150. The van der Waals surface area contributed by atoms with Crippen LogP contribution in [0.25, 0.3) is 22.2 Å². The molecule has 1 N–H and O–H groups in total. The topological polar surface area (TPSA) is 57.7 Å². The van der Waals surface area contributed by atoms with Gasteiger partial charge in [-0.05, 0) is 42.3 Å². The first kappa shape index (κ1) is 16.5. The quantitative estimate of drug-likeness (QED) is 0.562. The van der Waals surface area contributed by atoms with Crippen LogP contribution in [0.5, 0.6) is 0 Å². The van der Waals surface area contributed by atoms with E-state index in [1.54, 1.807) is 6.20 Å². The Labute approximate surface area is 156 Å². The highest BCUT2D eigenvalue weighted by atomic mass is 35.5. The van der Waals surface area contributed by atoms with Crippen molar-refractivity contribution < 1.29 is 0 Å². The number of halogens is 1. The Morgan fingerprint density at radius 1 is 1.04 bits per heavy atom. The molecule has 0 unspecified atom stereocenters. The van der Waals surface area contributed by atoms with Crippen molar-refractivity contribution >= 4 is 28.5 Å². The van der Waals surface area contributed by atoms with E-state index in [1.165, 1.54) is 0 Å². The van der Waals surface area contributed by atoms with Gasteiger partial charge in [0.1, 0.15) is 5.82 Å². The first-order valence-corrected chi connectivity index (χ1v) is 8.74. The van der Waals surface area contributed by atoms with Gasteiger partial charge in [0.25, 0.3) is 0 Å². The maximum atomic E-state index is 6.12. The Hall–Kier alpha value is -2.92. The lowest BCUT2D eigenvalue weighted by molar-refractivity contribution is 0.729. The van der Waals surface area contributed by atoms with Gasteiger partial charge in [-0.25, -0.2) is 4.98 Å². The predicted octanol–water partition coefficient (Wildman–Crippen LogP) is 4.87. The zero-order chi connectivity index (χ0) is 18.1. The Kier molecular flexibility index (Phi) is 4.31. The van der Waals surface area contributed by atoms with E-state index in [9.17, 15) is 0 Å². The van der Waals surface area contributed by atoms with Crippen molar-refractivity contribution in [1.29, 1.82) is 0 Å². The van der Waals surface area contributed by atoms with Crippen LogP contribution in [0.4, 0.5) is 5.82 Å². The minimum atomic E-state index is 0.130. The highest BCUT2D eigenvalue weighted by Crippen LogP contribution is 2.27. The summed E-state index contributed by atoms with van der Waals surface area (Å²) in [6.07, 6.45) is 5.47. The lowest BCUT2D eigenvalue weighted by Crippen LogP contribution is -2.22. The van der Waals surface area contributed by atoms with Gasteiger partial charge < -0.3 is 4.90 Å². The summed E-state index contributed by atoms with van der Waals surface area (Å²) in [5.74, 6) is 0.820. The van der Waals surface area contributed by atoms with Gasteiger partial charge in [0.15, 0.2) is 0 Å². The lowest BCUT2D eigenvalue weighted by Gasteiger charge is -2.26. The van der Waals surface area contributed by atoms with Crippen molar-refractivity contribution in [3.05, 3.63) is 71.6 Å². The summed E-state index contributed by atoms with van der Waals surface area (Å²) < 4.78 is 0. The van der Waals surface area contributed by atoms with Crippen molar-refractivity contribution in [3.63, 3.8) is 0 Å². The third-order valence-electron chi connectivity index (χ3n) is 4.63. The molecule has 0 saturated heterocycles. The number of benzene rings is 2. The molecule has 0 aliphatic rings. The summed E-state index contributed by atoms with van der Waals surface area (Å²) in [6, 6.07) is 14.1. The fourth-order valence-corrected chi connectivity index (χ4v) is 3.15. The Balaban J connectivity index is 1.65. The molecule has 4 rings (SSSR count). The van der Waals surface area contributed by atoms with E-state index in [0.717, 1.165) is 38.6 Å². The van der Waals surface area contributed by atoms with Gasteiger partial charge in [-0.1, -0.05) is 29.8 Å². The molecule has 0 amide bonds. The van der Waals surface area contributed by atoms with Crippen LogP contribution in [0.15, 0.2) is 61.1 Å². The molecule has 26 heavy (non-hydrogen) atoms. The van der Waals surface area contributed by atoms with Crippen molar-refractivity contribution in [2.24, 2.45) is 0 Å². The van der Waals surface area contributed by atoms with E-state index >= 15 is 0 Å². The number of aromatic nitrogens is 4. The molecule has 130 valence electrons. The zero-order valence-corrected chi connectivity index (χ0v) is 15.3. The van der Waals surface area contributed by atoms with Crippen molar-refractivity contribution in [2.45, 2.75) is 13.0 Å². The summed E-state index contributed by atoms with van der Waals surface area (Å²) in [5.41, 5.74) is 4.95. The van der Waals surface area contributed by atoms with E-state index in [2.05, 4.69) is 33.1 Å². The number of hydrogen-bond donors (Lipinski definition) is 1. The number of rotatable bonds is 4. The van der Waals surface area contributed by atoms with Crippen molar-refractivity contribution in [3.8, 4) is 11.1 Å². The molecule has 2 heterocycles. The molecule has 0 saturated carbocycles. The average Bonchev–Trinajstić information content (AvgIpc) is 3.21. The zero-order valence-electron chi connectivity index (χ0n) is 14.5. The molecule has 0 aliphatic heterocycles. The standard InChI is InChI=1S/C20H18ClN5/c1-13(14-4-3-5-17(21)8-14)26(2)20-12-22-19-9-15(6-7-18(19)25-20)16-10-23-24-11-16/h3-13H,1-2H3,(H,23,24)/t13-/m1/s1. The van der Waals surface area contributed by atoms with E-state index < -0.39 is 0 Å². The largest absolute Gasteiger partial charge is 0.352 e. The number of H-pyrrole nitrogens is 1. The molecule has 0 spiro atoms. The number of aromatic amines is 1. The highest BCUT2D eigenvalue weighted by Gasteiger charge is 2.15. The highest BCUT2D eigenvalue weighted by molar-refractivity contribution is 6.30. The molecule has 0 radical (unpaired) electrons. The second kappa shape index (κ2) is 6.77. The van der Waals surface area contributed by atoms with Gasteiger partial charge in [-0.3, -0.25) is 10.1 Å². The van der Waals surface area contributed by atoms with Crippen molar-refractivity contribution in [2.75, 3.05) is 11.9 Å². The molecule has 2 aromatic heterocycles. The van der Waals surface area contributed by atoms with E-state index in [0.29, 0.717) is 0 Å². The third kappa shape index (κ3) is 3.13. The summed E-state index contributed by atoms with van der Waals surface area (Å²) in [6.45, 7) is 2.12. The number of hydrogen-bond acceptors (Lipinski definition) is 4. The number of nitrogens with zero attached hydrogens (tertiary/aromatic N) is 4. The minimum Gasteiger partial charge on any atom is -0.352 e. The molecule has 2 aromatic carbocycles. The molecule has 0 fully saturated rings. The molecular formula is C20H18ClN5. The Bertz CT molecular complexity index is 1050. The van der Waals surface area contributed by atoms with Crippen molar-refractivity contribution in [1.82, 2.24) is 20.2 Å². The first-order chi connectivity index (χ1) is 12.6. The smallest absolute Gasteiger partial charge is 0.148 e. The monoisotopic (exact) mass is 363 g/mol. The van der Waals surface area contributed by atoms with Crippen LogP contribution in [0.3, 0.4) is 0 Å². The SMILES string of the molecule is C[C@H](c1cccc(Cl)c1)N(C)c1cnc2cc(-c3cn[nH]c3)ccc2n1. The molecule has 0 aliphatic carbocycles. The van der Waals surface area contributed by atoms with Gasteiger partial charge in [0, 0.05) is 23.8 Å². The van der Waals surface area contributed by atoms with Crippen LogP contribution in [0, 0.1) is 0 Å². The molecule has 1 atom stereocenters. The third-order valence-corrected chi connectivity index (χ3v) is 4.87. The van der Waals surface area contributed by atoms with Crippen LogP contribution in [-0.2, 0) is 0 Å². The van der Waals surface area contributed by atoms with Gasteiger partial charge in [-0.15, -0.1) is 0 Å². The molecule has 0 bridgehead atoms. The summed E-state index contributed by atoms with van der Waals surface area (Å²) in [7, 11) is 2.02. The normalized spacial score (nSPS) is 12.3. The summed E-state index contributed by atoms with van der Waals surface area (Å²) >= 11 is 6.12. The maximum Gasteiger partial charge on any atom is 0.148 e. The van der Waals surface area contributed by atoms with E-state index in [4.69, 9.17) is 16.6 Å². The second-order valence-electron chi connectivity index (χ2n) is 6.26. The Morgan fingerprint density at radius 3 is 2.69 bits per heavy atom. The van der Waals surface area contributed by atoms with Crippen LogP contribution >= 0.6 is 11.6 Å². The van der Waals surface area contributed by atoms with E-state index in [1.807, 2.05) is 55.8 Å². The van der Waals surface area contributed by atoms with Gasteiger partial charge in [0.05, 0.1) is 29.5 Å². The van der Waals surface area contributed by atoms with Crippen LogP contribution < -0.4 is 4.90 Å². The van der Waals surface area contributed by atoms with Crippen LogP contribution in [0.1, 0.15) is 18.5 Å². The molecular weight excluding hydrogens is 346 g/mol. The molecule has 5 nitrogen and oxygen atoms in total. The first-order valence-electron chi connectivity index (χ1n) is 8.36. The van der Waals surface area contributed by atoms with E-state index in [-0.39, 0.29) is 6.04 Å². The minimum absolute atomic E-state index is 0.130. The summed E-state index contributed by atoms with van der Waals surface area (Å²) in [5, 5.41) is 7.56. The Morgan fingerprint density at radius 2 is 1.92 bits per heavy atom. The number of nitrogens with one attached hydrogen (secondary N) is 1. The average molecular weight is 364 g/mol. The number of fused-ring (bicyclic) bond motifs is 1. The molecule has 6 heteroatoms. The van der Waals surface area contributed by atoms with Crippen LogP contribution in [-0.4, -0.2) is 27.2 Å². The van der Waals surface area contributed by atoms with Crippen LogP contribution in [0.2, 0.25) is 5.02 Å². The van der Waals surface area contributed by atoms with Gasteiger partial charge in [0.2, 0.25) is 0 Å². The van der Waals surface area contributed by atoms with Gasteiger partial charge >= 0.3 is 0 Å². The second-order valence-corrected chi connectivity index (χ2v) is 6.70. The number of anilines is 1. The lowest BCUT2D eigenvalue weighted by atomic mass is 10.1. The predicted molar refractivity (Wildman–Crippen MR) is 105 cm³/mol. The maximum absolute atomic E-state index is 6.12.